The summed E-state index contributed by atoms with van der Waals surface area (Å²) >= 11 is 1.17. The van der Waals surface area contributed by atoms with E-state index >= 15 is 0 Å². The molecule has 8 atom stereocenters. The molecule has 10 amide bonds. The Hall–Kier alpha value is -6.46. The molecule has 69 heavy (non-hydrogen) atoms. The van der Waals surface area contributed by atoms with E-state index in [2.05, 4.69) is 37.2 Å². The number of carboxylic acids is 1. The van der Waals surface area contributed by atoms with Crippen molar-refractivity contribution in [3.05, 3.63) is 29.8 Å². The summed E-state index contributed by atoms with van der Waals surface area (Å²) in [6, 6.07) is -2.63. The fourth-order valence-corrected chi connectivity index (χ4v) is 8.64. The van der Waals surface area contributed by atoms with Gasteiger partial charge in [-0.3, -0.25) is 52.7 Å². The van der Waals surface area contributed by atoms with Crippen molar-refractivity contribution in [2.24, 2.45) is 23.3 Å². The summed E-state index contributed by atoms with van der Waals surface area (Å²) in [5.41, 5.74) is 11.3. The quantitative estimate of drug-likeness (QED) is 0.0769. The molecule has 0 saturated carbocycles. The number of carbonyl (C=O) groups excluding carboxylic acids is 10. The molecule has 0 unspecified atom stereocenters. The predicted molar refractivity (Wildman–Crippen MR) is 251 cm³/mol. The number of ether oxygens (including phenoxy) is 1. The van der Waals surface area contributed by atoms with Crippen LogP contribution in [-0.4, -0.2) is 149 Å². The maximum absolute atomic E-state index is 14.5. The highest BCUT2D eigenvalue weighted by atomic mass is 32.2. The normalized spacial score (nSPS) is 23.2. The topological polar surface area (TPSA) is 357 Å². The van der Waals surface area contributed by atoms with Crippen LogP contribution in [0.25, 0.3) is 0 Å². The molecule has 12 N–H and O–H groups in total. The number of aliphatic carboxylic acids is 1. The molecule has 23 nitrogen and oxygen atoms in total. The lowest BCUT2D eigenvalue weighted by atomic mass is 9.96. The van der Waals surface area contributed by atoms with E-state index in [-0.39, 0.29) is 56.1 Å². The fourth-order valence-electron chi connectivity index (χ4n) is 7.66. The molecule has 1 aromatic carbocycles. The SMILES string of the molecule is CC[C@H](C)[C@@H]1NC(=O)[C@H](Cc2ccc(OC)cc2)NC(=O)CCCSC[C@@H](C(=O)N2CCC[C@H]2C(=O)N[C@@H](CC(C)C)C(=O)NCC(N)=O)NC(=O)[C@H](CC(N)=O)NC(=O)[C@H](CCC(=O)O)NC1=O. The van der Waals surface area contributed by atoms with Gasteiger partial charge in [-0.15, -0.1) is 0 Å². The van der Waals surface area contributed by atoms with E-state index in [4.69, 9.17) is 16.2 Å². The van der Waals surface area contributed by atoms with Crippen LogP contribution >= 0.6 is 11.8 Å². The average Bonchev–Trinajstić information content (AvgIpc) is 3.79. The number of rotatable bonds is 18. The molecule has 2 heterocycles. The van der Waals surface area contributed by atoms with Gasteiger partial charge in [0.05, 0.1) is 20.1 Å². The average molecular weight is 989 g/mol. The van der Waals surface area contributed by atoms with Crippen molar-refractivity contribution in [3.63, 3.8) is 0 Å². The highest BCUT2D eigenvalue weighted by molar-refractivity contribution is 7.99. The lowest BCUT2D eigenvalue weighted by Gasteiger charge is -2.31. The van der Waals surface area contributed by atoms with E-state index in [1.54, 1.807) is 38.1 Å². The molecule has 24 heteroatoms. The molecule has 2 aliphatic rings. The second-order valence-corrected chi connectivity index (χ2v) is 18.7. The van der Waals surface area contributed by atoms with Gasteiger partial charge in [0, 0.05) is 31.6 Å². The number of carbonyl (C=O) groups is 11. The predicted octanol–water partition coefficient (Wildman–Crippen LogP) is -1.90. The molecule has 0 radical (unpaired) electrons. The molecule has 3 rings (SSSR count). The van der Waals surface area contributed by atoms with Crippen LogP contribution in [0.1, 0.15) is 91.0 Å². The first-order valence-electron chi connectivity index (χ1n) is 23.0. The molecule has 0 spiro atoms. The maximum Gasteiger partial charge on any atom is 0.303 e. The first-order valence-corrected chi connectivity index (χ1v) is 24.2. The Balaban J connectivity index is 2.02. The van der Waals surface area contributed by atoms with Crippen molar-refractivity contribution in [3.8, 4) is 5.75 Å². The van der Waals surface area contributed by atoms with Crippen LogP contribution in [0.4, 0.5) is 0 Å². The number of nitrogens with one attached hydrogen (secondary N) is 7. The molecule has 382 valence electrons. The Labute approximate surface area is 405 Å². The Morgan fingerprint density at radius 2 is 1.51 bits per heavy atom. The Bertz CT molecular complexity index is 2020. The van der Waals surface area contributed by atoms with Crippen LogP contribution in [0.15, 0.2) is 24.3 Å². The number of hydrogen-bond donors (Lipinski definition) is 10. The van der Waals surface area contributed by atoms with Gasteiger partial charge in [0.2, 0.25) is 59.1 Å². The highest BCUT2D eigenvalue weighted by Crippen LogP contribution is 2.22. The first kappa shape index (κ1) is 56.9. The number of methoxy groups -OCH3 is 1. The third kappa shape index (κ3) is 18.9. The highest BCUT2D eigenvalue weighted by Gasteiger charge is 2.40. The van der Waals surface area contributed by atoms with E-state index in [1.165, 1.54) is 23.8 Å². The summed E-state index contributed by atoms with van der Waals surface area (Å²) in [5, 5.41) is 27.6. The lowest BCUT2D eigenvalue weighted by Crippen LogP contribution is -2.61. The number of primary amides is 2. The van der Waals surface area contributed by atoms with Gasteiger partial charge in [-0.25, -0.2) is 0 Å². The Kier molecular flexibility index (Phi) is 23.2. The zero-order valence-corrected chi connectivity index (χ0v) is 40.6. The van der Waals surface area contributed by atoms with Crippen LogP contribution in [0.3, 0.4) is 0 Å². The number of thioether (sulfide) groups is 1. The smallest absolute Gasteiger partial charge is 0.303 e. The Morgan fingerprint density at radius 1 is 0.855 bits per heavy atom. The van der Waals surface area contributed by atoms with Crippen molar-refractivity contribution in [1.29, 1.82) is 0 Å². The van der Waals surface area contributed by atoms with E-state index in [0.717, 1.165) is 0 Å². The van der Waals surface area contributed by atoms with Crippen LogP contribution < -0.4 is 53.4 Å². The molecule has 0 bridgehead atoms. The zero-order valence-electron chi connectivity index (χ0n) is 39.8. The molecule has 0 aliphatic carbocycles. The van der Waals surface area contributed by atoms with Gasteiger partial charge < -0.3 is 63.4 Å². The number of amides is 10. The first-order chi connectivity index (χ1) is 32.6. The lowest BCUT2D eigenvalue weighted by molar-refractivity contribution is -0.142. The number of carboxylic acid groups (broad SMARTS) is 1. The molecule has 0 aromatic heterocycles. The number of hydrogen-bond acceptors (Lipinski definition) is 13. The second-order valence-electron chi connectivity index (χ2n) is 17.6. The van der Waals surface area contributed by atoms with Crippen LogP contribution in [0.2, 0.25) is 0 Å². The number of benzene rings is 1. The fraction of sp³-hybridized carbons (Fsp3) is 0.622. The van der Waals surface area contributed by atoms with Crippen LogP contribution in [0, 0.1) is 11.8 Å². The van der Waals surface area contributed by atoms with Crippen molar-refractivity contribution >= 4 is 76.8 Å². The monoisotopic (exact) mass is 988 g/mol. The number of nitrogens with zero attached hydrogens (tertiary/aromatic N) is 1. The molecule has 2 fully saturated rings. The summed E-state index contributed by atoms with van der Waals surface area (Å²) in [5.74, 6) is -9.36. The second kappa shape index (κ2) is 28.1. The summed E-state index contributed by atoms with van der Waals surface area (Å²) in [7, 11) is 1.50. The molecule has 1 aromatic rings. The number of likely N-dealkylation sites (tertiary alicyclic amines) is 1. The maximum atomic E-state index is 14.5. The molecule has 2 aliphatic heterocycles. The van der Waals surface area contributed by atoms with Gasteiger partial charge >= 0.3 is 5.97 Å². The van der Waals surface area contributed by atoms with Gasteiger partial charge in [-0.05, 0) is 67.4 Å². The van der Waals surface area contributed by atoms with E-state index in [0.29, 0.717) is 24.2 Å². The standard InChI is InChI=1S/C45H68N10O13S/c1-6-25(4)38-44(66)50-28(15-16-37(59)60)40(62)51-31(21-34(46)56)41(63)53-32(23-69-18-8-10-36(58)49-30(42(64)54-38)20-26-11-13-27(68-5)14-12-26)45(67)55-17-7-9-33(55)43(65)52-29(19-24(2)3)39(61)48-22-35(47)57/h11-14,24-25,28-33,38H,6-10,15-23H2,1-5H3,(H2,46,56)(H2,47,57)(H,48,61)(H,49,58)(H,50,66)(H,51,62)(H,52,65)(H,53,63)(H,54,64)(H,59,60)/t25-,28-,29-,30-,31-,32-,33-,38-/m0/s1. The minimum Gasteiger partial charge on any atom is -0.497 e. The van der Waals surface area contributed by atoms with Crippen molar-refractivity contribution < 1.29 is 62.6 Å². The molecular formula is C45H68N10O13S. The van der Waals surface area contributed by atoms with Crippen LogP contribution in [-0.2, 0) is 59.2 Å². The van der Waals surface area contributed by atoms with Crippen molar-refractivity contribution in [2.75, 3.05) is 31.7 Å². The van der Waals surface area contributed by atoms with E-state index in [9.17, 15) is 57.8 Å². The largest absolute Gasteiger partial charge is 0.497 e. The van der Waals surface area contributed by atoms with E-state index in [1.807, 2.05) is 13.8 Å². The summed E-state index contributed by atoms with van der Waals surface area (Å²) < 4.78 is 5.25. The van der Waals surface area contributed by atoms with Crippen molar-refractivity contribution in [2.45, 2.75) is 134 Å². The Morgan fingerprint density at radius 3 is 2.12 bits per heavy atom. The zero-order chi connectivity index (χ0) is 51.4. The van der Waals surface area contributed by atoms with Crippen LogP contribution in [0.5, 0.6) is 5.75 Å². The van der Waals surface area contributed by atoms with Crippen molar-refractivity contribution in [1.82, 2.24) is 42.1 Å². The summed E-state index contributed by atoms with van der Waals surface area (Å²) in [6.45, 7) is 6.69. The van der Waals surface area contributed by atoms with Gasteiger partial charge in [0.25, 0.3) is 0 Å². The minimum absolute atomic E-state index is 0.00986. The van der Waals surface area contributed by atoms with Gasteiger partial charge in [-0.1, -0.05) is 46.2 Å². The van der Waals surface area contributed by atoms with Gasteiger partial charge in [0.15, 0.2) is 0 Å². The third-order valence-corrected chi connectivity index (χ3v) is 12.7. The van der Waals surface area contributed by atoms with Gasteiger partial charge in [0.1, 0.15) is 48.0 Å². The molecule has 2 saturated heterocycles. The summed E-state index contributed by atoms with van der Waals surface area (Å²) in [6.07, 6.45) is -0.625. The van der Waals surface area contributed by atoms with E-state index < -0.39 is 139 Å². The minimum atomic E-state index is -1.74. The molecular weight excluding hydrogens is 921 g/mol. The number of nitrogens with two attached hydrogens (primary N) is 2. The summed E-state index contributed by atoms with van der Waals surface area (Å²) in [4.78, 5) is 148. The third-order valence-electron chi connectivity index (χ3n) is 11.6. The van der Waals surface area contributed by atoms with Gasteiger partial charge in [-0.2, -0.15) is 11.8 Å².